The Morgan fingerprint density at radius 3 is 2.55 bits per heavy atom. The molecule has 12 nitrogen and oxygen atoms in total. The van der Waals surface area contributed by atoms with Crippen LogP contribution in [0, 0.1) is 0 Å². The van der Waals surface area contributed by atoms with Crippen LogP contribution in [0.2, 0.25) is 0 Å². The summed E-state index contributed by atoms with van der Waals surface area (Å²) in [5.74, 6) is -0.682. The third kappa shape index (κ3) is 6.40. The molecule has 0 aliphatic rings. The van der Waals surface area contributed by atoms with Gasteiger partial charge in [0, 0.05) is 53.3 Å². The molecule has 11 N–H and O–H groups in total. The molecule has 2 amide bonds. The standard InChI is InChI=1S/C26H32N10O2/c27-25(28)32-9-3-11-36-21-7-6-18(35-23(37)15-34-26(29)30)12-17(21)13-22(36)24(38)31-10-8-16-14-33-20-5-2-1-4-19(16)20/h1-2,4-7,12-14,33H,3,8-11,15H2,(H,31,38)(H,35,37)(H4,27,28,32)(H4,29,30,34). The third-order valence-corrected chi connectivity index (χ3v) is 6.01. The summed E-state index contributed by atoms with van der Waals surface area (Å²) in [6, 6.07) is 15.3. The molecule has 0 unspecified atom stereocenters. The highest BCUT2D eigenvalue weighted by atomic mass is 16.2. The van der Waals surface area contributed by atoms with Crippen molar-refractivity contribution >= 4 is 51.2 Å². The summed E-state index contributed by atoms with van der Waals surface area (Å²) >= 11 is 0. The molecule has 4 aromatic rings. The summed E-state index contributed by atoms with van der Waals surface area (Å²) < 4.78 is 1.93. The minimum absolute atomic E-state index is 0.0266. The molecule has 198 valence electrons. The number of carbonyl (C=O) groups is 2. The number of guanidine groups is 2. The van der Waals surface area contributed by atoms with Gasteiger partial charge >= 0.3 is 0 Å². The number of aliphatic imine (C=N–C) groups is 2. The maximum absolute atomic E-state index is 13.3. The first kappa shape index (κ1) is 26.1. The topological polar surface area (TPSA) is 208 Å². The molecule has 0 bridgehead atoms. The Bertz CT molecular complexity index is 1510. The predicted molar refractivity (Wildman–Crippen MR) is 151 cm³/mol. The van der Waals surface area contributed by atoms with E-state index in [-0.39, 0.29) is 30.3 Å². The molecule has 12 heteroatoms. The van der Waals surface area contributed by atoms with Crippen molar-refractivity contribution in [2.24, 2.45) is 32.9 Å². The average molecular weight is 517 g/mol. The lowest BCUT2D eigenvalue weighted by atomic mass is 10.1. The lowest BCUT2D eigenvalue weighted by molar-refractivity contribution is -0.114. The molecule has 2 heterocycles. The second kappa shape index (κ2) is 11.8. The number of para-hydroxylation sites is 1. The molecular formula is C26H32N10O2. The Balaban J connectivity index is 1.51. The van der Waals surface area contributed by atoms with Crippen LogP contribution < -0.4 is 33.6 Å². The van der Waals surface area contributed by atoms with Crippen molar-refractivity contribution in [1.82, 2.24) is 14.9 Å². The average Bonchev–Trinajstić information content (AvgIpc) is 3.46. The number of carbonyl (C=O) groups excluding carboxylic acids is 2. The number of anilines is 1. The van der Waals surface area contributed by atoms with Gasteiger partial charge in [-0.15, -0.1) is 0 Å². The minimum atomic E-state index is -0.357. The fourth-order valence-corrected chi connectivity index (χ4v) is 4.32. The Morgan fingerprint density at radius 1 is 0.974 bits per heavy atom. The first-order valence-electron chi connectivity index (χ1n) is 12.2. The molecule has 0 aliphatic carbocycles. The molecule has 0 aliphatic heterocycles. The number of rotatable bonds is 11. The smallest absolute Gasteiger partial charge is 0.267 e. The highest BCUT2D eigenvalue weighted by Gasteiger charge is 2.16. The summed E-state index contributed by atoms with van der Waals surface area (Å²) in [5.41, 5.74) is 25.6. The van der Waals surface area contributed by atoms with Gasteiger partial charge in [-0.25, -0.2) is 4.99 Å². The molecule has 0 spiro atoms. The number of hydrogen-bond donors (Lipinski definition) is 7. The number of aromatic amines is 1. The Labute approximate surface area is 219 Å². The van der Waals surface area contributed by atoms with Gasteiger partial charge in [-0.3, -0.25) is 14.6 Å². The fraction of sp³-hybridized carbons (Fsp3) is 0.231. The van der Waals surface area contributed by atoms with Crippen LogP contribution in [0.15, 0.2) is 64.7 Å². The van der Waals surface area contributed by atoms with Gasteiger partial charge in [0.2, 0.25) is 5.91 Å². The van der Waals surface area contributed by atoms with Crippen molar-refractivity contribution in [1.29, 1.82) is 0 Å². The predicted octanol–water partition coefficient (Wildman–Crippen LogP) is 0.971. The van der Waals surface area contributed by atoms with Crippen LogP contribution in [0.4, 0.5) is 5.69 Å². The van der Waals surface area contributed by atoms with Crippen molar-refractivity contribution in [2.75, 3.05) is 25.0 Å². The maximum atomic E-state index is 13.3. The van der Waals surface area contributed by atoms with E-state index in [0.29, 0.717) is 43.9 Å². The number of amides is 2. The van der Waals surface area contributed by atoms with Gasteiger partial charge in [0.1, 0.15) is 12.2 Å². The van der Waals surface area contributed by atoms with Crippen LogP contribution in [0.5, 0.6) is 0 Å². The van der Waals surface area contributed by atoms with Crippen LogP contribution >= 0.6 is 0 Å². The van der Waals surface area contributed by atoms with E-state index in [1.54, 1.807) is 12.1 Å². The Morgan fingerprint density at radius 2 is 1.76 bits per heavy atom. The summed E-state index contributed by atoms with van der Waals surface area (Å²) in [5, 5.41) is 7.74. The number of aryl methyl sites for hydroxylation is 1. The quantitative estimate of drug-likeness (QED) is 0.0877. The Kier molecular flexibility index (Phi) is 8.11. The minimum Gasteiger partial charge on any atom is -0.370 e. The van der Waals surface area contributed by atoms with E-state index in [9.17, 15) is 9.59 Å². The SMILES string of the molecule is NC(N)=NCCCn1c(C(=O)NCCc2c[nH]c3ccccc23)cc2cc(NC(=O)CN=C(N)N)ccc21. The van der Waals surface area contributed by atoms with Crippen molar-refractivity contribution in [2.45, 2.75) is 19.4 Å². The largest absolute Gasteiger partial charge is 0.370 e. The summed E-state index contributed by atoms with van der Waals surface area (Å²) in [7, 11) is 0. The molecular weight excluding hydrogens is 484 g/mol. The molecule has 0 atom stereocenters. The number of H-pyrrole nitrogens is 1. The van der Waals surface area contributed by atoms with Crippen molar-refractivity contribution in [3.63, 3.8) is 0 Å². The zero-order valence-corrected chi connectivity index (χ0v) is 20.9. The van der Waals surface area contributed by atoms with Crippen molar-refractivity contribution in [3.8, 4) is 0 Å². The van der Waals surface area contributed by atoms with E-state index >= 15 is 0 Å². The number of benzene rings is 2. The van der Waals surface area contributed by atoms with E-state index in [1.807, 2.05) is 41.1 Å². The maximum Gasteiger partial charge on any atom is 0.267 e. The normalized spacial score (nSPS) is 10.8. The zero-order valence-electron chi connectivity index (χ0n) is 20.9. The molecule has 38 heavy (non-hydrogen) atoms. The summed E-state index contributed by atoms with van der Waals surface area (Å²) in [6.45, 7) is 1.25. The number of fused-ring (bicyclic) bond motifs is 2. The highest BCUT2D eigenvalue weighted by Crippen LogP contribution is 2.25. The van der Waals surface area contributed by atoms with Crippen LogP contribution in [0.3, 0.4) is 0 Å². The van der Waals surface area contributed by atoms with E-state index in [0.717, 1.165) is 27.4 Å². The second-order valence-corrected chi connectivity index (χ2v) is 8.77. The zero-order chi connectivity index (χ0) is 27.1. The van der Waals surface area contributed by atoms with Crippen LogP contribution in [0.1, 0.15) is 22.5 Å². The van der Waals surface area contributed by atoms with Gasteiger partial charge in [-0.2, -0.15) is 0 Å². The van der Waals surface area contributed by atoms with Crippen LogP contribution in [0.25, 0.3) is 21.8 Å². The molecule has 0 saturated carbocycles. The number of hydrogen-bond acceptors (Lipinski definition) is 4. The van der Waals surface area contributed by atoms with E-state index in [1.165, 1.54) is 0 Å². The summed E-state index contributed by atoms with van der Waals surface area (Å²) in [6.07, 6.45) is 3.29. The molecule has 0 saturated heterocycles. The number of aromatic nitrogens is 2. The van der Waals surface area contributed by atoms with E-state index in [4.69, 9.17) is 22.9 Å². The lowest BCUT2D eigenvalue weighted by Gasteiger charge is -2.11. The van der Waals surface area contributed by atoms with Crippen LogP contribution in [-0.2, 0) is 17.8 Å². The van der Waals surface area contributed by atoms with Gasteiger partial charge in [-0.05, 0) is 48.7 Å². The van der Waals surface area contributed by atoms with Crippen molar-refractivity contribution < 1.29 is 9.59 Å². The fourth-order valence-electron chi connectivity index (χ4n) is 4.32. The third-order valence-electron chi connectivity index (χ3n) is 6.01. The number of nitrogens with one attached hydrogen (secondary N) is 3. The first-order chi connectivity index (χ1) is 18.3. The molecule has 0 fully saturated rings. The van der Waals surface area contributed by atoms with E-state index in [2.05, 4.69) is 31.7 Å². The first-order valence-corrected chi connectivity index (χ1v) is 12.2. The van der Waals surface area contributed by atoms with E-state index < -0.39 is 0 Å². The lowest BCUT2D eigenvalue weighted by Crippen LogP contribution is -2.28. The van der Waals surface area contributed by atoms with Crippen LogP contribution in [-0.4, -0.2) is 52.9 Å². The van der Waals surface area contributed by atoms with Gasteiger partial charge in [-0.1, -0.05) is 18.2 Å². The van der Waals surface area contributed by atoms with Gasteiger partial charge in [0.15, 0.2) is 11.9 Å². The molecule has 2 aromatic carbocycles. The second-order valence-electron chi connectivity index (χ2n) is 8.77. The van der Waals surface area contributed by atoms with Gasteiger partial charge < -0.3 is 43.1 Å². The number of nitrogens with two attached hydrogens (primary N) is 4. The van der Waals surface area contributed by atoms with Crippen molar-refractivity contribution in [3.05, 3.63) is 66.0 Å². The number of nitrogens with zero attached hydrogens (tertiary/aromatic N) is 3. The van der Waals surface area contributed by atoms with Gasteiger partial charge in [0.25, 0.3) is 5.91 Å². The molecule has 2 aromatic heterocycles. The Hall–Kier alpha value is -5.00. The molecule has 4 rings (SSSR count). The van der Waals surface area contributed by atoms with Gasteiger partial charge in [0.05, 0.1) is 0 Å². The monoisotopic (exact) mass is 516 g/mol. The molecule has 0 radical (unpaired) electrons. The summed E-state index contributed by atoms with van der Waals surface area (Å²) in [4.78, 5) is 36.4. The highest BCUT2D eigenvalue weighted by molar-refractivity contribution is 6.01.